The summed E-state index contributed by atoms with van der Waals surface area (Å²) in [5.74, 6) is -0.966. The summed E-state index contributed by atoms with van der Waals surface area (Å²) in [7, 11) is -3.04. The van der Waals surface area contributed by atoms with E-state index in [2.05, 4.69) is 0 Å². The highest BCUT2D eigenvalue weighted by atomic mass is 32.2. The van der Waals surface area contributed by atoms with Crippen LogP contribution in [0.4, 0.5) is 0 Å². The van der Waals surface area contributed by atoms with Crippen molar-refractivity contribution in [3.05, 3.63) is 0 Å². The van der Waals surface area contributed by atoms with E-state index in [1.165, 1.54) is 0 Å². The van der Waals surface area contributed by atoms with E-state index in [1.807, 2.05) is 6.92 Å². The summed E-state index contributed by atoms with van der Waals surface area (Å²) < 4.78 is 23.1. The third-order valence-electron chi connectivity index (χ3n) is 4.05. The molecule has 1 saturated heterocycles. The average Bonchev–Trinajstić information content (AvgIpc) is 3.14. The molecule has 1 atom stereocenters. The molecule has 2 aliphatic rings. The van der Waals surface area contributed by atoms with Gasteiger partial charge < -0.3 is 10.0 Å². The maximum Gasteiger partial charge on any atom is 0.317 e. The third kappa shape index (κ3) is 4.41. The molecule has 1 N–H and O–H groups in total. The van der Waals surface area contributed by atoms with Gasteiger partial charge in [-0.1, -0.05) is 0 Å². The van der Waals surface area contributed by atoms with E-state index < -0.39 is 15.8 Å². The lowest BCUT2D eigenvalue weighted by molar-refractivity contribution is -0.140. The Bertz CT molecular complexity index is 515. The van der Waals surface area contributed by atoms with E-state index in [0.29, 0.717) is 13.0 Å². The van der Waals surface area contributed by atoms with Crippen LogP contribution in [0.2, 0.25) is 0 Å². The van der Waals surface area contributed by atoms with Crippen molar-refractivity contribution in [3.8, 4) is 0 Å². The first-order valence-electron chi connectivity index (χ1n) is 7.28. The smallest absolute Gasteiger partial charge is 0.317 e. The van der Waals surface area contributed by atoms with Gasteiger partial charge in [0.25, 0.3) is 0 Å². The predicted molar refractivity (Wildman–Crippen MR) is 76.7 cm³/mol. The summed E-state index contributed by atoms with van der Waals surface area (Å²) in [4.78, 5) is 26.5. The minimum absolute atomic E-state index is 0.0228. The van der Waals surface area contributed by atoms with Crippen LogP contribution in [-0.2, 0) is 19.4 Å². The van der Waals surface area contributed by atoms with Crippen molar-refractivity contribution in [3.63, 3.8) is 0 Å². The quantitative estimate of drug-likeness (QED) is 0.684. The van der Waals surface area contributed by atoms with Crippen LogP contribution in [0.25, 0.3) is 0 Å². The first-order chi connectivity index (χ1) is 9.82. The van der Waals surface area contributed by atoms with E-state index in [4.69, 9.17) is 5.11 Å². The highest BCUT2D eigenvalue weighted by Crippen LogP contribution is 2.27. The first-order valence-corrected chi connectivity index (χ1v) is 9.10. The Balaban J connectivity index is 1.97. The molecule has 0 spiro atoms. The fourth-order valence-corrected chi connectivity index (χ4v) is 4.58. The number of carbonyl (C=O) groups is 2. The standard InChI is InChI=1S/C13H22N2O5S/c1-2-15(11-5-6-21(19,20)9-11)12(16)7-14(8-13(17)18)10-3-4-10/h10-11H,2-9H2,1H3,(H,17,18). The molecular weight excluding hydrogens is 296 g/mol. The van der Waals surface area contributed by atoms with Crippen LogP contribution in [0.5, 0.6) is 0 Å². The lowest BCUT2D eigenvalue weighted by atomic mass is 10.2. The van der Waals surface area contributed by atoms with Crippen molar-refractivity contribution < 1.29 is 23.1 Å². The molecule has 0 bridgehead atoms. The van der Waals surface area contributed by atoms with Gasteiger partial charge in [-0.15, -0.1) is 0 Å². The molecule has 0 radical (unpaired) electrons. The summed E-state index contributed by atoms with van der Waals surface area (Å²) in [5.41, 5.74) is 0. The van der Waals surface area contributed by atoms with Crippen molar-refractivity contribution in [2.75, 3.05) is 31.1 Å². The van der Waals surface area contributed by atoms with Gasteiger partial charge in [-0.05, 0) is 26.2 Å². The molecular formula is C13H22N2O5S. The number of likely N-dealkylation sites (N-methyl/N-ethyl adjacent to an activating group) is 1. The molecule has 7 nitrogen and oxygen atoms in total. The fourth-order valence-electron chi connectivity index (χ4n) is 2.85. The summed E-state index contributed by atoms with van der Waals surface area (Å²) in [6.45, 7) is 2.18. The molecule has 120 valence electrons. The van der Waals surface area contributed by atoms with Gasteiger partial charge in [0.15, 0.2) is 9.84 Å². The van der Waals surface area contributed by atoms with E-state index in [0.717, 1.165) is 12.8 Å². The minimum atomic E-state index is -3.04. The van der Waals surface area contributed by atoms with Crippen molar-refractivity contribution in [2.45, 2.75) is 38.3 Å². The van der Waals surface area contributed by atoms with Crippen LogP contribution in [0.15, 0.2) is 0 Å². The van der Waals surface area contributed by atoms with Crippen molar-refractivity contribution in [1.82, 2.24) is 9.80 Å². The monoisotopic (exact) mass is 318 g/mol. The zero-order valence-corrected chi connectivity index (χ0v) is 13.0. The molecule has 2 fully saturated rings. The largest absolute Gasteiger partial charge is 0.480 e. The van der Waals surface area contributed by atoms with Gasteiger partial charge in [-0.25, -0.2) is 8.42 Å². The van der Waals surface area contributed by atoms with Gasteiger partial charge >= 0.3 is 5.97 Å². The molecule has 21 heavy (non-hydrogen) atoms. The topological polar surface area (TPSA) is 95.0 Å². The molecule has 1 unspecified atom stereocenters. The normalized spacial score (nSPS) is 24.2. The Morgan fingerprint density at radius 2 is 1.81 bits per heavy atom. The second-order valence-electron chi connectivity index (χ2n) is 5.77. The Labute approximate surface area is 124 Å². The zero-order chi connectivity index (χ0) is 15.6. The summed E-state index contributed by atoms with van der Waals surface area (Å²) in [6.07, 6.45) is 2.32. The first kappa shape index (κ1) is 16.2. The fraction of sp³-hybridized carbons (Fsp3) is 0.846. The van der Waals surface area contributed by atoms with Crippen molar-refractivity contribution in [2.24, 2.45) is 0 Å². The van der Waals surface area contributed by atoms with Crippen molar-refractivity contribution >= 4 is 21.7 Å². The molecule has 1 amide bonds. The van der Waals surface area contributed by atoms with Gasteiger partial charge in [-0.3, -0.25) is 14.5 Å². The third-order valence-corrected chi connectivity index (χ3v) is 5.80. The summed E-state index contributed by atoms with van der Waals surface area (Å²) in [6, 6.07) is -0.0885. The highest BCUT2D eigenvalue weighted by molar-refractivity contribution is 7.91. The van der Waals surface area contributed by atoms with Crippen LogP contribution < -0.4 is 0 Å². The molecule has 0 aromatic rings. The Hall–Kier alpha value is -1.15. The molecule has 2 rings (SSSR count). The van der Waals surface area contributed by atoms with Gasteiger partial charge in [0.05, 0.1) is 24.6 Å². The molecule has 1 heterocycles. The van der Waals surface area contributed by atoms with E-state index in [9.17, 15) is 18.0 Å². The van der Waals surface area contributed by atoms with Crippen LogP contribution in [-0.4, -0.2) is 78.4 Å². The number of sulfone groups is 1. The SMILES string of the molecule is CCN(C(=O)CN(CC(=O)O)C1CC1)C1CCS(=O)(=O)C1. The number of carbonyl (C=O) groups excluding carboxylic acids is 1. The lowest BCUT2D eigenvalue weighted by Crippen LogP contribution is -2.47. The van der Waals surface area contributed by atoms with Gasteiger partial charge in [0.2, 0.25) is 5.91 Å². The Kier molecular flexibility index (Phi) is 4.88. The number of carboxylic acid groups (broad SMARTS) is 1. The van der Waals surface area contributed by atoms with Gasteiger partial charge in [0, 0.05) is 18.6 Å². The van der Waals surface area contributed by atoms with Gasteiger partial charge in [-0.2, -0.15) is 0 Å². The van der Waals surface area contributed by atoms with E-state index >= 15 is 0 Å². The summed E-state index contributed by atoms with van der Waals surface area (Å²) >= 11 is 0. The summed E-state index contributed by atoms with van der Waals surface area (Å²) in [5, 5.41) is 8.90. The number of aliphatic carboxylic acids is 1. The molecule has 0 aromatic carbocycles. The molecule has 8 heteroatoms. The van der Waals surface area contributed by atoms with E-state index in [-0.39, 0.29) is 42.6 Å². The van der Waals surface area contributed by atoms with Gasteiger partial charge in [0.1, 0.15) is 0 Å². The van der Waals surface area contributed by atoms with Crippen LogP contribution in [0, 0.1) is 0 Å². The molecule has 1 aliphatic carbocycles. The number of hydrogen-bond donors (Lipinski definition) is 1. The second-order valence-corrected chi connectivity index (χ2v) is 8.00. The maximum absolute atomic E-state index is 12.4. The van der Waals surface area contributed by atoms with Crippen LogP contribution in [0.3, 0.4) is 0 Å². The number of rotatable bonds is 7. The average molecular weight is 318 g/mol. The Morgan fingerprint density at radius 1 is 1.14 bits per heavy atom. The van der Waals surface area contributed by atoms with Crippen LogP contribution in [0.1, 0.15) is 26.2 Å². The Morgan fingerprint density at radius 3 is 2.24 bits per heavy atom. The number of nitrogens with zero attached hydrogens (tertiary/aromatic N) is 2. The maximum atomic E-state index is 12.4. The molecule has 1 saturated carbocycles. The lowest BCUT2D eigenvalue weighted by Gasteiger charge is -2.29. The molecule has 1 aliphatic heterocycles. The highest BCUT2D eigenvalue weighted by Gasteiger charge is 2.36. The number of carboxylic acids is 1. The van der Waals surface area contributed by atoms with Crippen molar-refractivity contribution in [1.29, 1.82) is 0 Å². The van der Waals surface area contributed by atoms with E-state index in [1.54, 1.807) is 9.80 Å². The molecule has 0 aromatic heterocycles. The number of amides is 1. The predicted octanol–water partition coefficient (Wildman–Crippen LogP) is -0.429. The van der Waals surface area contributed by atoms with Crippen LogP contribution >= 0.6 is 0 Å². The number of hydrogen-bond acceptors (Lipinski definition) is 5. The second kappa shape index (κ2) is 6.31. The zero-order valence-electron chi connectivity index (χ0n) is 12.2. The minimum Gasteiger partial charge on any atom is -0.480 e.